The van der Waals surface area contributed by atoms with E-state index in [0.29, 0.717) is 0 Å². The number of aromatic hydroxyl groups is 1. The predicted octanol–water partition coefficient (Wildman–Crippen LogP) is 5.19. The summed E-state index contributed by atoms with van der Waals surface area (Å²) in [5.41, 5.74) is 3.45. The van der Waals surface area contributed by atoms with Gasteiger partial charge in [0.05, 0.1) is 16.9 Å². The van der Waals surface area contributed by atoms with Crippen molar-refractivity contribution in [1.29, 1.82) is 0 Å². The molecule has 35 heavy (non-hydrogen) atoms. The summed E-state index contributed by atoms with van der Waals surface area (Å²) in [6.07, 6.45) is -0.447. The van der Waals surface area contributed by atoms with Crippen LogP contribution in [0, 0.1) is 0 Å². The standard InChI is InChI=1S/C26H22N2O7/c1-2-11-34-25(32)28-22-12-19(24(30)31)21(13-23(22)29)27-26(33)35-14-20-17-9-5-3-7-15(17)16-8-4-6-10-18(16)20/h2-10,12-13,20,29H,1,11,14H2,(H,27,33)(H,28,32)(H,30,31). The lowest BCUT2D eigenvalue weighted by atomic mass is 9.98. The van der Waals surface area contributed by atoms with Crippen molar-refractivity contribution in [2.75, 3.05) is 23.8 Å². The molecule has 0 unspecified atom stereocenters. The van der Waals surface area contributed by atoms with Gasteiger partial charge >= 0.3 is 18.2 Å². The second-order valence-electron chi connectivity index (χ2n) is 7.68. The van der Waals surface area contributed by atoms with Gasteiger partial charge in [-0.25, -0.2) is 14.4 Å². The average molecular weight is 474 g/mol. The summed E-state index contributed by atoms with van der Waals surface area (Å²) in [4.78, 5) is 36.0. The summed E-state index contributed by atoms with van der Waals surface area (Å²) < 4.78 is 10.2. The molecule has 0 aliphatic heterocycles. The van der Waals surface area contributed by atoms with Crippen LogP contribution in [0.1, 0.15) is 27.4 Å². The number of fused-ring (bicyclic) bond motifs is 3. The van der Waals surface area contributed by atoms with Gasteiger partial charge in [-0.3, -0.25) is 10.6 Å². The maximum Gasteiger partial charge on any atom is 0.412 e. The quantitative estimate of drug-likeness (QED) is 0.274. The normalized spacial score (nSPS) is 11.7. The van der Waals surface area contributed by atoms with Gasteiger partial charge in [0.1, 0.15) is 19.0 Å². The molecule has 0 aromatic heterocycles. The van der Waals surface area contributed by atoms with Crippen molar-refractivity contribution in [3.05, 3.63) is 90.0 Å². The summed E-state index contributed by atoms with van der Waals surface area (Å²) in [5, 5.41) is 24.4. The largest absolute Gasteiger partial charge is 0.506 e. The summed E-state index contributed by atoms with van der Waals surface area (Å²) in [6, 6.07) is 17.7. The molecule has 0 heterocycles. The molecule has 0 radical (unpaired) electrons. The lowest BCUT2D eigenvalue weighted by Gasteiger charge is -2.16. The van der Waals surface area contributed by atoms with Gasteiger partial charge in [-0.05, 0) is 28.3 Å². The Hall–Kier alpha value is -4.79. The number of benzene rings is 3. The maximum atomic E-state index is 12.6. The minimum absolute atomic E-state index is 0.0308. The maximum absolute atomic E-state index is 12.6. The van der Waals surface area contributed by atoms with E-state index in [2.05, 4.69) is 17.2 Å². The number of carbonyl (C=O) groups is 3. The van der Waals surface area contributed by atoms with Crippen LogP contribution < -0.4 is 10.6 Å². The Morgan fingerprint density at radius 3 is 2.06 bits per heavy atom. The molecule has 1 aliphatic rings. The molecule has 0 spiro atoms. The van der Waals surface area contributed by atoms with E-state index >= 15 is 0 Å². The zero-order chi connectivity index (χ0) is 24.9. The fourth-order valence-electron chi connectivity index (χ4n) is 3.99. The molecule has 4 N–H and O–H groups in total. The molecule has 9 heteroatoms. The molecule has 0 atom stereocenters. The number of carboxylic acids is 1. The van der Waals surface area contributed by atoms with Crippen molar-refractivity contribution in [3.8, 4) is 16.9 Å². The summed E-state index contributed by atoms with van der Waals surface area (Å²) in [5.74, 6) is -2.03. The van der Waals surface area contributed by atoms with Crippen molar-refractivity contribution in [1.82, 2.24) is 0 Å². The zero-order valence-electron chi connectivity index (χ0n) is 18.5. The van der Waals surface area contributed by atoms with Crippen LogP contribution in [0.5, 0.6) is 5.75 Å². The van der Waals surface area contributed by atoms with E-state index in [0.717, 1.165) is 34.4 Å². The lowest BCUT2D eigenvalue weighted by Crippen LogP contribution is -2.20. The van der Waals surface area contributed by atoms with E-state index in [1.165, 1.54) is 6.08 Å². The molecule has 0 saturated carbocycles. The third-order valence-electron chi connectivity index (χ3n) is 5.52. The first kappa shape index (κ1) is 23.4. The highest BCUT2D eigenvalue weighted by Crippen LogP contribution is 2.44. The molecule has 178 valence electrons. The van der Waals surface area contributed by atoms with Crippen molar-refractivity contribution in [2.45, 2.75) is 5.92 Å². The smallest absolute Gasteiger partial charge is 0.412 e. The number of rotatable bonds is 7. The Bertz CT molecular complexity index is 1270. The molecule has 3 aromatic rings. The highest BCUT2D eigenvalue weighted by Gasteiger charge is 2.29. The Morgan fingerprint density at radius 1 is 0.886 bits per heavy atom. The number of carbonyl (C=O) groups excluding carboxylic acids is 2. The number of anilines is 2. The van der Waals surface area contributed by atoms with Crippen LogP contribution in [-0.2, 0) is 9.47 Å². The van der Waals surface area contributed by atoms with Gasteiger partial charge in [0, 0.05) is 12.0 Å². The van der Waals surface area contributed by atoms with Crippen LogP contribution in [0.3, 0.4) is 0 Å². The minimum Gasteiger partial charge on any atom is -0.506 e. The van der Waals surface area contributed by atoms with E-state index in [-0.39, 0.29) is 36.1 Å². The van der Waals surface area contributed by atoms with Gasteiger partial charge in [-0.1, -0.05) is 61.2 Å². The zero-order valence-corrected chi connectivity index (χ0v) is 18.5. The van der Waals surface area contributed by atoms with Crippen molar-refractivity contribution < 1.29 is 34.1 Å². The number of aromatic carboxylic acids is 1. The average Bonchev–Trinajstić information content (AvgIpc) is 3.16. The summed E-state index contributed by atoms with van der Waals surface area (Å²) >= 11 is 0. The molecule has 2 amide bonds. The van der Waals surface area contributed by atoms with Crippen LogP contribution in [0.4, 0.5) is 21.0 Å². The number of hydrogen-bond acceptors (Lipinski definition) is 6. The Kier molecular flexibility index (Phi) is 6.68. The third kappa shape index (κ3) is 4.93. The summed E-state index contributed by atoms with van der Waals surface area (Å²) in [6.45, 7) is 3.37. The number of carboxylic acid groups (broad SMARTS) is 1. The van der Waals surface area contributed by atoms with Gasteiger partial charge in [0.25, 0.3) is 0 Å². The third-order valence-corrected chi connectivity index (χ3v) is 5.52. The number of hydrogen-bond donors (Lipinski definition) is 4. The molecular weight excluding hydrogens is 452 g/mol. The number of ether oxygens (including phenoxy) is 2. The monoisotopic (exact) mass is 474 g/mol. The van der Waals surface area contributed by atoms with E-state index in [1.54, 1.807) is 0 Å². The van der Waals surface area contributed by atoms with Crippen LogP contribution in [0.2, 0.25) is 0 Å². The van der Waals surface area contributed by atoms with E-state index in [9.17, 15) is 24.6 Å². The van der Waals surface area contributed by atoms with Crippen molar-refractivity contribution >= 4 is 29.5 Å². The first-order chi connectivity index (χ1) is 16.9. The van der Waals surface area contributed by atoms with Gasteiger partial charge in [0.2, 0.25) is 0 Å². The fraction of sp³-hybridized carbons (Fsp3) is 0.115. The van der Waals surface area contributed by atoms with Crippen LogP contribution >= 0.6 is 0 Å². The van der Waals surface area contributed by atoms with Gasteiger partial charge in [-0.2, -0.15) is 0 Å². The van der Waals surface area contributed by atoms with Crippen LogP contribution in [-0.4, -0.2) is 41.6 Å². The second kappa shape index (κ2) is 10.0. The Morgan fingerprint density at radius 2 is 1.46 bits per heavy atom. The molecule has 4 rings (SSSR count). The molecule has 9 nitrogen and oxygen atoms in total. The Labute approximate surface area is 200 Å². The number of nitrogens with one attached hydrogen (secondary N) is 2. The number of phenols is 1. The fourth-order valence-corrected chi connectivity index (χ4v) is 3.99. The van der Waals surface area contributed by atoms with Crippen molar-refractivity contribution in [3.63, 3.8) is 0 Å². The predicted molar refractivity (Wildman–Crippen MR) is 129 cm³/mol. The summed E-state index contributed by atoms with van der Waals surface area (Å²) in [7, 11) is 0. The van der Waals surface area contributed by atoms with Crippen LogP contribution in [0.25, 0.3) is 11.1 Å². The molecule has 0 fully saturated rings. The first-order valence-electron chi connectivity index (χ1n) is 10.7. The molecule has 3 aromatic carbocycles. The van der Waals surface area contributed by atoms with E-state index in [1.807, 2.05) is 48.5 Å². The molecule has 1 aliphatic carbocycles. The highest BCUT2D eigenvalue weighted by atomic mass is 16.6. The molecular formula is C26H22N2O7. The lowest BCUT2D eigenvalue weighted by molar-refractivity contribution is 0.0698. The van der Waals surface area contributed by atoms with Crippen LogP contribution in [0.15, 0.2) is 73.3 Å². The Balaban J connectivity index is 1.48. The topological polar surface area (TPSA) is 134 Å². The molecule has 0 saturated heterocycles. The number of phenolic OH excluding ortho intramolecular Hbond substituents is 1. The van der Waals surface area contributed by atoms with Gasteiger partial charge < -0.3 is 19.7 Å². The van der Waals surface area contributed by atoms with Crippen molar-refractivity contribution in [2.24, 2.45) is 0 Å². The first-order valence-corrected chi connectivity index (χ1v) is 10.7. The van der Waals surface area contributed by atoms with E-state index < -0.39 is 23.9 Å². The molecule has 0 bridgehead atoms. The second-order valence-corrected chi connectivity index (χ2v) is 7.68. The number of amides is 2. The van der Waals surface area contributed by atoms with Gasteiger partial charge in [-0.15, -0.1) is 0 Å². The minimum atomic E-state index is -1.39. The highest BCUT2D eigenvalue weighted by molar-refractivity contribution is 6.01. The SMILES string of the molecule is C=CCOC(=O)Nc1cc(C(=O)O)c(NC(=O)OCC2c3ccccc3-c3ccccc32)cc1O. The van der Waals surface area contributed by atoms with E-state index in [4.69, 9.17) is 9.47 Å². The van der Waals surface area contributed by atoms with Gasteiger partial charge in [0.15, 0.2) is 0 Å².